The minimum atomic E-state index is -3.23. The number of hydrogen-bond donors (Lipinski definition) is 0. The summed E-state index contributed by atoms with van der Waals surface area (Å²) in [4.78, 5) is 16.0. The van der Waals surface area contributed by atoms with E-state index in [-0.39, 0.29) is 24.2 Å². The van der Waals surface area contributed by atoms with Gasteiger partial charge in [-0.25, -0.2) is 4.39 Å². The molecule has 0 bridgehead atoms. The lowest BCUT2D eigenvalue weighted by atomic mass is 10.0. The van der Waals surface area contributed by atoms with Gasteiger partial charge in [-0.3, -0.25) is 14.7 Å². The van der Waals surface area contributed by atoms with Gasteiger partial charge in [-0.1, -0.05) is 6.07 Å². The Kier molecular flexibility index (Phi) is 7.71. The monoisotopic (exact) mass is 432 g/mol. The normalized spacial score (nSPS) is 12.9. The third kappa shape index (κ3) is 6.38. The van der Waals surface area contributed by atoms with E-state index in [1.807, 2.05) is 0 Å². The molecular formula is C20H21F5N2O3. The van der Waals surface area contributed by atoms with Crippen LogP contribution in [0.1, 0.15) is 25.1 Å². The van der Waals surface area contributed by atoms with Crippen LogP contribution in [0.4, 0.5) is 22.0 Å². The summed E-state index contributed by atoms with van der Waals surface area (Å²) in [5, 5.41) is 0. The van der Waals surface area contributed by atoms with E-state index in [4.69, 9.17) is 4.74 Å². The molecule has 2 rings (SSSR count). The molecule has 1 atom stereocenters. The third-order valence-electron chi connectivity index (χ3n) is 4.16. The molecule has 0 saturated carbocycles. The van der Waals surface area contributed by atoms with Crippen molar-refractivity contribution in [3.05, 3.63) is 47.5 Å². The number of carbonyl (C=O) groups is 1. The van der Waals surface area contributed by atoms with Gasteiger partial charge in [0.2, 0.25) is 0 Å². The molecule has 1 aromatic carbocycles. The number of carbonyl (C=O) groups excluding carboxylic acids is 1. The van der Waals surface area contributed by atoms with E-state index in [1.165, 1.54) is 12.1 Å². The fourth-order valence-electron chi connectivity index (χ4n) is 2.99. The maximum absolute atomic E-state index is 14.0. The molecule has 0 unspecified atom stereocenters. The van der Waals surface area contributed by atoms with Crippen LogP contribution in [-0.2, 0) is 22.0 Å². The first kappa shape index (κ1) is 23.5. The fraction of sp³-hybridized carbons (Fsp3) is 0.400. The summed E-state index contributed by atoms with van der Waals surface area (Å²) in [7, 11) is 1.65. The van der Waals surface area contributed by atoms with Crippen molar-refractivity contribution in [3.63, 3.8) is 0 Å². The van der Waals surface area contributed by atoms with Crippen LogP contribution in [0.5, 0.6) is 5.75 Å². The van der Waals surface area contributed by atoms with Crippen molar-refractivity contribution in [3.8, 4) is 16.9 Å². The fourth-order valence-corrected chi connectivity index (χ4v) is 2.99. The average Bonchev–Trinajstić information content (AvgIpc) is 2.62. The van der Waals surface area contributed by atoms with Gasteiger partial charge in [0, 0.05) is 31.8 Å². The molecule has 0 N–H and O–H groups in total. The Hall–Kier alpha value is -2.75. The van der Waals surface area contributed by atoms with Gasteiger partial charge < -0.3 is 9.47 Å². The zero-order valence-corrected chi connectivity index (χ0v) is 16.5. The van der Waals surface area contributed by atoms with Crippen LogP contribution in [-0.4, -0.2) is 42.7 Å². The molecule has 5 nitrogen and oxygen atoms in total. The van der Waals surface area contributed by atoms with Crippen LogP contribution in [0.15, 0.2) is 30.5 Å². The number of aromatic nitrogens is 1. The molecule has 1 aromatic heterocycles. The SMILES string of the molecule is C[C@@H](CN(C)Cc1cc(-c2ccc(F)c(OC(F)F)c2)cnc1C(C)(F)F)OC=O. The van der Waals surface area contributed by atoms with E-state index >= 15 is 0 Å². The first-order valence-corrected chi connectivity index (χ1v) is 8.91. The summed E-state index contributed by atoms with van der Waals surface area (Å²) < 4.78 is 75.6. The standard InChI is InChI=1S/C20H21F5N2O3/c1-12(29-11-28)9-27(3)10-15-6-14(8-26-18(15)20(2,24)25)13-4-5-16(21)17(7-13)30-19(22)23/h4-8,11-12,19H,9-10H2,1-3H3/t12-/m0/s1. The maximum Gasteiger partial charge on any atom is 0.387 e. The predicted molar refractivity (Wildman–Crippen MR) is 98.8 cm³/mol. The molecule has 1 heterocycles. The van der Waals surface area contributed by atoms with Crippen LogP contribution < -0.4 is 4.74 Å². The van der Waals surface area contributed by atoms with Gasteiger partial charge in [-0.05, 0) is 43.3 Å². The molecule has 0 aliphatic rings. The molecule has 0 radical (unpaired) electrons. The lowest BCUT2D eigenvalue weighted by molar-refractivity contribution is -0.133. The number of alkyl halides is 4. The van der Waals surface area contributed by atoms with Crippen molar-refractivity contribution in [1.82, 2.24) is 9.88 Å². The maximum atomic E-state index is 14.0. The number of hydrogen-bond acceptors (Lipinski definition) is 5. The van der Waals surface area contributed by atoms with Gasteiger partial charge >= 0.3 is 6.61 Å². The Labute approximate surface area is 170 Å². The minimum absolute atomic E-state index is 0.0494. The predicted octanol–water partition coefficient (Wildman–Crippen LogP) is 4.59. The molecule has 0 amide bonds. The third-order valence-corrected chi connectivity index (χ3v) is 4.16. The smallest absolute Gasteiger partial charge is 0.387 e. The molecule has 10 heteroatoms. The molecule has 0 fully saturated rings. The highest BCUT2D eigenvalue weighted by molar-refractivity contribution is 5.65. The molecule has 164 valence electrons. The second-order valence-corrected chi connectivity index (χ2v) is 6.88. The zero-order chi connectivity index (χ0) is 22.5. The molecule has 0 aliphatic carbocycles. The molecule has 2 aromatic rings. The van der Waals surface area contributed by atoms with Crippen LogP contribution in [0.25, 0.3) is 11.1 Å². The van der Waals surface area contributed by atoms with E-state index in [1.54, 1.807) is 18.9 Å². The minimum Gasteiger partial charge on any atom is -0.464 e. The summed E-state index contributed by atoms with van der Waals surface area (Å²) in [6, 6.07) is 4.73. The van der Waals surface area contributed by atoms with Crippen molar-refractivity contribution in [2.45, 2.75) is 39.0 Å². The quantitative estimate of drug-likeness (QED) is 0.406. The molecule has 0 spiro atoms. The number of rotatable bonds is 10. The second kappa shape index (κ2) is 9.84. The van der Waals surface area contributed by atoms with E-state index in [9.17, 15) is 26.7 Å². The number of pyridine rings is 1. The van der Waals surface area contributed by atoms with Crippen LogP contribution in [0.3, 0.4) is 0 Å². The van der Waals surface area contributed by atoms with E-state index in [0.29, 0.717) is 19.0 Å². The Bertz CT molecular complexity index is 874. The van der Waals surface area contributed by atoms with Gasteiger partial charge in [-0.15, -0.1) is 0 Å². The summed E-state index contributed by atoms with van der Waals surface area (Å²) in [6.07, 6.45) is 0.702. The summed E-state index contributed by atoms with van der Waals surface area (Å²) in [6.45, 7) is -0.219. The average molecular weight is 432 g/mol. The van der Waals surface area contributed by atoms with Crippen molar-refractivity contribution in [2.75, 3.05) is 13.6 Å². The highest BCUT2D eigenvalue weighted by Gasteiger charge is 2.30. The van der Waals surface area contributed by atoms with Gasteiger partial charge in [0.1, 0.15) is 11.8 Å². The Morgan fingerprint density at radius 3 is 2.53 bits per heavy atom. The summed E-state index contributed by atoms with van der Waals surface area (Å²) in [5.74, 6) is -4.87. The Morgan fingerprint density at radius 1 is 1.23 bits per heavy atom. The lowest BCUT2D eigenvalue weighted by Gasteiger charge is -2.23. The van der Waals surface area contributed by atoms with Gasteiger partial charge in [0.05, 0.1) is 0 Å². The number of likely N-dealkylation sites (N-methyl/N-ethyl adjacent to an activating group) is 1. The second-order valence-electron chi connectivity index (χ2n) is 6.88. The van der Waals surface area contributed by atoms with E-state index < -0.39 is 35.9 Å². The molecule has 0 saturated heterocycles. The van der Waals surface area contributed by atoms with Crippen LogP contribution in [0.2, 0.25) is 0 Å². The van der Waals surface area contributed by atoms with Crippen molar-refractivity contribution in [1.29, 1.82) is 0 Å². The van der Waals surface area contributed by atoms with Crippen LogP contribution in [0, 0.1) is 5.82 Å². The number of halogens is 5. The largest absolute Gasteiger partial charge is 0.464 e. The number of benzene rings is 1. The summed E-state index contributed by atoms with van der Waals surface area (Å²) >= 11 is 0. The Balaban J connectivity index is 2.39. The molecule has 0 aliphatic heterocycles. The first-order valence-electron chi connectivity index (χ1n) is 8.91. The molecule has 30 heavy (non-hydrogen) atoms. The topological polar surface area (TPSA) is 51.7 Å². The van der Waals surface area contributed by atoms with E-state index in [0.717, 1.165) is 18.3 Å². The highest BCUT2D eigenvalue weighted by atomic mass is 19.3. The van der Waals surface area contributed by atoms with Gasteiger partial charge in [0.15, 0.2) is 11.6 Å². The van der Waals surface area contributed by atoms with Gasteiger partial charge in [-0.2, -0.15) is 17.6 Å². The van der Waals surface area contributed by atoms with Crippen molar-refractivity contribution >= 4 is 6.47 Å². The lowest BCUT2D eigenvalue weighted by Crippen LogP contribution is -2.29. The van der Waals surface area contributed by atoms with Crippen LogP contribution >= 0.6 is 0 Å². The van der Waals surface area contributed by atoms with Crippen molar-refractivity contribution < 1.29 is 36.2 Å². The summed E-state index contributed by atoms with van der Waals surface area (Å²) in [5.41, 5.74) is 0.324. The zero-order valence-electron chi connectivity index (χ0n) is 16.5. The highest BCUT2D eigenvalue weighted by Crippen LogP contribution is 2.33. The number of ether oxygens (including phenoxy) is 2. The van der Waals surface area contributed by atoms with Crippen molar-refractivity contribution in [2.24, 2.45) is 0 Å². The Morgan fingerprint density at radius 2 is 1.93 bits per heavy atom. The van der Waals surface area contributed by atoms with E-state index in [2.05, 4.69) is 9.72 Å². The molecular weight excluding hydrogens is 411 g/mol. The number of nitrogens with zero attached hydrogens (tertiary/aromatic N) is 2. The van der Waals surface area contributed by atoms with Gasteiger partial charge in [0.25, 0.3) is 12.4 Å². The first-order chi connectivity index (χ1) is 14.0.